The first-order valence-corrected chi connectivity index (χ1v) is 7.99. The number of aromatic nitrogens is 6. The molecule has 0 aromatic carbocycles. The first-order chi connectivity index (χ1) is 12.8. The van der Waals surface area contributed by atoms with Crippen LogP contribution >= 0.6 is 24.0 Å². The molecule has 148 valence electrons. The second-order valence-electron chi connectivity index (χ2n) is 5.44. The maximum Gasteiger partial charge on any atom is 0.413 e. The zero-order valence-corrected chi connectivity index (χ0v) is 16.2. The highest BCUT2D eigenvalue weighted by atomic mass is 35.5. The number of nitrogens with one attached hydrogen (secondary N) is 1. The fraction of sp³-hybridized carbons (Fsp3) is 0.200. The Morgan fingerprint density at radius 1 is 1.32 bits per heavy atom. The molecule has 0 aliphatic carbocycles. The Labute approximate surface area is 169 Å². The lowest BCUT2D eigenvalue weighted by Crippen LogP contribution is -2.19. The Kier molecular flexibility index (Phi) is 6.65. The summed E-state index contributed by atoms with van der Waals surface area (Å²) < 4.78 is 19.9. The molecule has 3 heterocycles. The smallest absolute Gasteiger partial charge is 0.413 e. The summed E-state index contributed by atoms with van der Waals surface area (Å²) in [5.41, 5.74) is 6.39. The molecule has 3 rings (SSSR count). The largest absolute Gasteiger partial charge is 0.441 e. The predicted octanol–water partition coefficient (Wildman–Crippen LogP) is 2.77. The summed E-state index contributed by atoms with van der Waals surface area (Å²) in [5, 5.41) is 10.4. The minimum Gasteiger partial charge on any atom is -0.441 e. The van der Waals surface area contributed by atoms with Gasteiger partial charge in [-0.3, -0.25) is 5.32 Å². The second kappa shape index (κ2) is 8.76. The predicted molar refractivity (Wildman–Crippen MR) is 101 cm³/mol. The number of anilines is 2. The Bertz CT molecular complexity index is 983. The SMILES string of the molecule is C[C@@H](OC(=O)Nc1c(-c2cnc(N)cn2)nnn1C)c1cc(F)cnc1Cl.Cl. The van der Waals surface area contributed by atoms with Crippen LogP contribution in [0.4, 0.5) is 20.8 Å². The third-order valence-electron chi connectivity index (χ3n) is 3.52. The van der Waals surface area contributed by atoms with E-state index in [4.69, 9.17) is 22.1 Å². The van der Waals surface area contributed by atoms with Gasteiger partial charge in [0.25, 0.3) is 0 Å². The van der Waals surface area contributed by atoms with Crippen LogP contribution in [0, 0.1) is 5.82 Å². The standard InChI is InChI=1S/C15H14ClFN8O2.ClH/c1-7(9-3-8(17)4-21-13(9)16)27-15(26)22-14-12(23-24-25(14)2)10-5-20-11(18)6-19-10;/h3-7H,1-2H3,(H2,18,20)(H,22,26);1H/t7-;/m1./s1. The lowest BCUT2D eigenvalue weighted by molar-refractivity contribution is 0.120. The normalized spacial score (nSPS) is 11.4. The molecule has 0 aliphatic rings. The van der Waals surface area contributed by atoms with E-state index in [1.54, 1.807) is 7.05 Å². The number of rotatable bonds is 4. The van der Waals surface area contributed by atoms with E-state index in [-0.39, 0.29) is 40.5 Å². The molecule has 0 unspecified atom stereocenters. The van der Waals surface area contributed by atoms with Crippen molar-refractivity contribution in [2.45, 2.75) is 13.0 Å². The molecule has 1 atom stereocenters. The third kappa shape index (κ3) is 4.61. The van der Waals surface area contributed by atoms with Crippen LogP contribution in [0.3, 0.4) is 0 Å². The van der Waals surface area contributed by atoms with E-state index in [0.29, 0.717) is 5.69 Å². The molecule has 0 spiro atoms. The van der Waals surface area contributed by atoms with Crippen molar-refractivity contribution < 1.29 is 13.9 Å². The van der Waals surface area contributed by atoms with E-state index in [1.165, 1.54) is 24.0 Å². The average molecular weight is 429 g/mol. The summed E-state index contributed by atoms with van der Waals surface area (Å²) in [4.78, 5) is 24.0. The lowest BCUT2D eigenvalue weighted by atomic mass is 10.2. The van der Waals surface area contributed by atoms with Crippen LogP contribution in [-0.4, -0.2) is 36.0 Å². The number of nitrogen functional groups attached to an aromatic ring is 1. The molecule has 10 nitrogen and oxygen atoms in total. The van der Waals surface area contributed by atoms with E-state index in [0.717, 1.165) is 12.3 Å². The van der Waals surface area contributed by atoms with Gasteiger partial charge in [0.2, 0.25) is 0 Å². The Balaban J connectivity index is 0.00000280. The molecule has 3 aromatic rings. The molecule has 0 saturated heterocycles. The number of hydrogen-bond acceptors (Lipinski definition) is 8. The molecular formula is C15H15Cl2FN8O2. The number of nitrogens with two attached hydrogens (primary N) is 1. The van der Waals surface area contributed by atoms with Gasteiger partial charge in [-0.05, 0) is 13.0 Å². The van der Waals surface area contributed by atoms with Gasteiger partial charge in [-0.2, -0.15) is 0 Å². The monoisotopic (exact) mass is 428 g/mol. The lowest BCUT2D eigenvalue weighted by Gasteiger charge is -2.15. The summed E-state index contributed by atoms with van der Waals surface area (Å²) in [6.45, 7) is 1.54. The summed E-state index contributed by atoms with van der Waals surface area (Å²) in [5.74, 6) is -0.119. The van der Waals surface area contributed by atoms with Crippen molar-refractivity contribution in [3.8, 4) is 11.4 Å². The Morgan fingerprint density at radius 3 is 2.75 bits per heavy atom. The summed E-state index contributed by atoms with van der Waals surface area (Å²) in [7, 11) is 1.58. The number of amides is 1. The van der Waals surface area contributed by atoms with Gasteiger partial charge in [0.1, 0.15) is 28.6 Å². The van der Waals surface area contributed by atoms with E-state index in [1.807, 2.05) is 0 Å². The minimum atomic E-state index is -0.846. The second-order valence-corrected chi connectivity index (χ2v) is 5.80. The van der Waals surface area contributed by atoms with E-state index in [9.17, 15) is 9.18 Å². The quantitative estimate of drug-likeness (QED) is 0.605. The maximum absolute atomic E-state index is 13.4. The van der Waals surface area contributed by atoms with Crippen LogP contribution in [0.5, 0.6) is 0 Å². The third-order valence-corrected chi connectivity index (χ3v) is 3.83. The van der Waals surface area contributed by atoms with Crippen molar-refractivity contribution in [1.82, 2.24) is 29.9 Å². The highest BCUT2D eigenvalue weighted by Gasteiger charge is 2.21. The number of hydrogen-bond donors (Lipinski definition) is 2. The molecule has 1 amide bonds. The zero-order chi connectivity index (χ0) is 19.6. The molecule has 3 N–H and O–H groups in total. The van der Waals surface area contributed by atoms with Gasteiger partial charge in [-0.15, -0.1) is 17.5 Å². The van der Waals surface area contributed by atoms with Crippen LogP contribution in [0.15, 0.2) is 24.7 Å². The van der Waals surface area contributed by atoms with Gasteiger partial charge >= 0.3 is 6.09 Å². The number of carbonyl (C=O) groups is 1. The van der Waals surface area contributed by atoms with Crippen molar-refractivity contribution in [3.05, 3.63) is 41.2 Å². The summed E-state index contributed by atoms with van der Waals surface area (Å²) in [6, 6.07) is 1.15. The number of nitrogens with zero attached hydrogens (tertiary/aromatic N) is 6. The van der Waals surface area contributed by atoms with Crippen molar-refractivity contribution in [3.63, 3.8) is 0 Å². The van der Waals surface area contributed by atoms with Gasteiger partial charge < -0.3 is 10.5 Å². The van der Waals surface area contributed by atoms with Gasteiger partial charge in [0.15, 0.2) is 11.5 Å². The van der Waals surface area contributed by atoms with Crippen molar-refractivity contribution >= 4 is 41.7 Å². The van der Waals surface area contributed by atoms with Crippen LogP contribution < -0.4 is 11.1 Å². The molecule has 13 heteroatoms. The molecule has 0 saturated carbocycles. The molecular weight excluding hydrogens is 414 g/mol. The average Bonchev–Trinajstić information content (AvgIpc) is 2.98. The number of pyridine rings is 1. The van der Waals surface area contributed by atoms with Crippen LogP contribution in [-0.2, 0) is 11.8 Å². The Hall–Kier alpha value is -3.05. The number of ether oxygens (including phenoxy) is 1. The van der Waals surface area contributed by atoms with E-state index in [2.05, 4.69) is 30.6 Å². The number of aryl methyl sites for hydroxylation is 1. The number of carbonyl (C=O) groups excluding carboxylic acids is 1. The highest BCUT2D eigenvalue weighted by molar-refractivity contribution is 6.30. The molecule has 0 fully saturated rings. The maximum atomic E-state index is 13.4. The molecule has 0 radical (unpaired) electrons. The first kappa shape index (κ1) is 21.3. The van der Waals surface area contributed by atoms with E-state index < -0.39 is 18.0 Å². The van der Waals surface area contributed by atoms with Gasteiger partial charge in [-0.25, -0.2) is 28.8 Å². The Morgan fingerprint density at radius 2 is 2.07 bits per heavy atom. The topological polar surface area (TPSA) is 134 Å². The van der Waals surface area contributed by atoms with Crippen LogP contribution in [0.1, 0.15) is 18.6 Å². The van der Waals surface area contributed by atoms with Crippen molar-refractivity contribution in [1.29, 1.82) is 0 Å². The fourth-order valence-electron chi connectivity index (χ4n) is 2.20. The highest BCUT2D eigenvalue weighted by Crippen LogP contribution is 2.26. The fourth-order valence-corrected chi connectivity index (χ4v) is 2.46. The van der Waals surface area contributed by atoms with Gasteiger partial charge in [0.05, 0.1) is 18.6 Å². The first-order valence-electron chi connectivity index (χ1n) is 7.61. The van der Waals surface area contributed by atoms with Crippen LogP contribution in [0.2, 0.25) is 5.15 Å². The summed E-state index contributed by atoms with van der Waals surface area (Å²) in [6.07, 6.45) is 2.06. The van der Waals surface area contributed by atoms with Gasteiger partial charge in [-0.1, -0.05) is 16.8 Å². The molecule has 3 aromatic heterocycles. The molecule has 0 bridgehead atoms. The number of halogens is 3. The summed E-state index contributed by atoms with van der Waals surface area (Å²) >= 11 is 5.92. The zero-order valence-electron chi connectivity index (χ0n) is 14.6. The molecule has 0 aliphatic heterocycles. The van der Waals surface area contributed by atoms with Crippen LogP contribution in [0.25, 0.3) is 11.4 Å². The van der Waals surface area contributed by atoms with E-state index >= 15 is 0 Å². The van der Waals surface area contributed by atoms with Crippen molar-refractivity contribution in [2.75, 3.05) is 11.1 Å². The van der Waals surface area contributed by atoms with Gasteiger partial charge in [0, 0.05) is 12.6 Å². The molecule has 28 heavy (non-hydrogen) atoms. The van der Waals surface area contributed by atoms with Crippen molar-refractivity contribution in [2.24, 2.45) is 7.05 Å². The minimum absolute atomic E-state index is 0.